The van der Waals surface area contributed by atoms with Crippen molar-refractivity contribution in [2.45, 2.75) is 37.9 Å². The molecule has 3 rings (SSSR count). The van der Waals surface area contributed by atoms with Crippen molar-refractivity contribution in [3.8, 4) is 0 Å². The fourth-order valence-electron chi connectivity index (χ4n) is 3.39. The highest BCUT2D eigenvalue weighted by molar-refractivity contribution is 5.66. The van der Waals surface area contributed by atoms with Gasteiger partial charge in [0, 0.05) is 25.7 Å². The van der Waals surface area contributed by atoms with Crippen molar-refractivity contribution >= 4 is 5.97 Å². The van der Waals surface area contributed by atoms with Gasteiger partial charge in [0.2, 0.25) is 0 Å². The van der Waals surface area contributed by atoms with Gasteiger partial charge in [-0.1, -0.05) is 36.4 Å². The van der Waals surface area contributed by atoms with Crippen LogP contribution in [0.2, 0.25) is 0 Å². The molecule has 1 aromatic heterocycles. The van der Waals surface area contributed by atoms with Crippen molar-refractivity contribution < 1.29 is 14.6 Å². The van der Waals surface area contributed by atoms with Gasteiger partial charge in [-0.3, -0.25) is 9.78 Å². The first-order chi connectivity index (χ1) is 12.7. The van der Waals surface area contributed by atoms with Gasteiger partial charge in [-0.2, -0.15) is 0 Å². The Morgan fingerprint density at radius 3 is 2.54 bits per heavy atom. The number of benzene rings is 1. The number of nitrogens with zero attached hydrogens (tertiary/aromatic N) is 2. The lowest BCUT2D eigenvalue weighted by Crippen LogP contribution is -2.38. The van der Waals surface area contributed by atoms with Crippen LogP contribution in [0.25, 0.3) is 0 Å². The first-order valence-electron chi connectivity index (χ1n) is 9.28. The Kier molecular flexibility index (Phi) is 6.75. The van der Waals surface area contributed by atoms with E-state index in [1.165, 1.54) is 0 Å². The second kappa shape index (κ2) is 9.46. The normalized spacial score (nSPS) is 17.1. The lowest BCUT2D eigenvalue weighted by Gasteiger charge is -2.34. The zero-order chi connectivity index (χ0) is 18.2. The molecule has 1 atom stereocenters. The van der Waals surface area contributed by atoms with Gasteiger partial charge in [-0.05, 0) is 43.5 Å². The van der Waals surface area contributed by atoms with Crippen molar-refractivity contribution in [3.63, 3.8) is 0 Å². The molecule has 1 N–H and O–H groups in total. The number of carboxylic acids is 1. The molecule has 0 amide bonds. The molecule has 26 heavy (non-hydrogen) atoms. The van der Waals surface area contributed by atoms with E-state index in [1.807, 2.05) is 36.4 Å². The number of aliphatic carboxylic acids is 1. The number of hydrogen-bond acceptors (Lipinski definition) is 4. The molecule has 0 bridgehead atoms. The topological polar surface area (TPSA) is 62.7 Å². The molecule has 1 aromatic carbocycles. The van der Waals surface area contributed by atoms with Crippen LogP contribution in [-0.4, -0.2) is 46.7 Å². The van der Waals surface area contributed by atoms with Crippen LogP contribution in [0.1, 0.15) is 43.0 Å². The minimum atomic E-state index is -0.718. The van der Waals surface area contributed by atoms with Crippen LogP contribution < -0.4 is 0 Å². The van der Waals surface area contributed by atoms with Crippen molar-refractivity contribution in [1.29, 1.82) is 0 Å². The zero-order valence-corrected chi connectivity index (χ0v) is 15.0. The van der Waals surface area contributed by atoms with Crippen molar-refractivity contribution in [1.82, 2.24) is 9.88 Å². The minimum absolute atomic E-state index is 0.152. The summed E-state index contributed by atoms with van der Waals surface area (Å²) in [6, 6.07) is 16.2. The van der Waals surface area contributed by atoms with E-state index in [0.29, 0.717) is 6.42 Å². The van der Waals surface area contributed by atoms with Gasteiger partial charge in [0.1, 0.15) is 6.10 Å². The van der Waals surface area contributed by atoms with Gasteiger partial charge in [0.05, 0.1) is 11.8 Å². The third kappa shape index (κ3) is 5.38. The lowest BCUT2D eigenvalue weighted by atomic mass is 10.0. The highest BCUT2D eigenvalue weighted by Gasteiger charge is 2.25. The number of aromatic nitrogens is 1. The SMILES string of the molecule is O=C(O)CCCN1CCC(O[C@@H](c2ccccc2)c2ccccn2)CC1. The molecule has 0 saturated carbocycles. The Labute approximate surface area is 154 Å². The molecule has 1 saturated heterocycles. The van der Waals surface area contributed by atoms with Crippen molar-refractivity contribution in [2.75, 3.05) is 19.6 Å². The van der Waals surface area contributed by atoms with Crippen LogP contribution in [-0.2, 0) is 9.53 Å². The van der Waals surface area contributed by atoms with Crippen LogP contribution in [0.4, 0.5) is 0 Å². The maximum absolute atomic E-state index is 10.6. The Bertz CT molecular complexity index is 631. The van der Waals surface area contributed by atoms with Crippen LogP contribution in [0, 0.1) is 0 Å². The molecule has 2 aromatic rings. The van der Waals surface area contributed by atoms with Crippen LogP contribution in [0.15, 0.2) is 54.7 Å². The largest absolute Gasteiger partial charge is 0.481 e. The summed E-state index contributed by atoms with van der Waals surface area (Å²) < 4.78 is 6.47. The van der Waals surface area contributed by atoms with Crippen molar-refractivity contribution in [3.05, 3.63) is 66.0 Å². The molecule has 138 valence electrons. The Morgan fingerprint density at radius 1 is 1.15 bits per heavy atom. The third-order valence-electron chi connectivity index (χ3n) is 4.79. The van der Waals surface area contributed by atoms with Gasteiger partial charge in [0.15, 0.2) is 0 Å². The second-order valence-electron chi connectivity index (χ2n) is 6.72. The summed E-state index contributed by atoms with van der Waals surface area (Å²) in [5, 5.41) is 8.76. The van der Waals surface area contributed by atoms with Crippen LogP contribution in [0.3, 0.4) is 0 Å². The summed E-state index contributed by atoms with van der Waals surface area (Å²) >= 11 is 0. The molecule has 1 fully saturated rings. The van der Waals surface area contributed by atoms with Gasteiger partial charge < -0.3 is 14.7 Å². The van der Waals surface area contributed by atoms with Gasteiger partial charge in [-0.25, -0.2) is 0 Å². The number of ether oxygens (including phenoxy) is 1. The van der Waals surface area contributed by atoms with Crippen LogP contribution in [0.5, 0.6) is 0 Å². The van der Waals surface area contributed by atoms with E-state index >= 15 is 0 Å². The fourth-order valence-corrected chi connectivity index (χ4v) is 3.39. The smallest absolute Gasteiger partial charge is 0.303 e. The molecular formula is C21H26N2O3. The molecular weight excluding hydrogens is 328 g/mol. The molecule has 0 unspecified atom stereocenters. The predicted molar refractivity (Wildman–Crippen MR) is 99.9 cm³/mol. The molecule has 1 aliphatic heterocycles. The van der Waals surface area contributed by atoms with E-state index in [4.69, 9.17) is 9.84 Å². The minimum Gasteiger partial charge on any atom is -0.481 e. The Morgan fingerprint density at radius 2 is 1.88 bits per heavy atom. The molecule has 0 aliphatic carbocycles. The van der Waals surface area contributed by atoms with E-state index < -0.39 is 5.97 Å². The lowest BCUT2D eigenvalue weighted by molar-refractivity contribution is -0.137. The monoisotopic (exact) mass is 354 g/mol. The Balaban J connectivity index is 1.58. The third-order valence-corrected chi connectivity index (χ3v) is 4.79. The zero-order valence-electron chi connectivity index (χ0n) is 15.0. The Hall–Kier alpha value is -2.24. The second-order valence-corrected chi connectivity index (χ2v) is 6.72. The number of carboxylic acid groups (broad SMARTS) is 1. The number of rotatable bonds is 8. The molecule has 2 heterocycles. The highest BCUT2D eigenvalue weighted by atomic mass is 16.5. The average molecular weight is 354 g/mol. The summed E-state index contributed by atoms with van der Waals surface area (Å²) in [5.74, 6) is -0.718. The maximum Gasteiger partial charge on any atom is 0.303 e. The van der Waals surface area contributed by atoms with E-state index in [-0.39, 0.29) is 18.6 Å². The number of pyridine rings is 1. The maximum atomic E-state index is 10.6. The molecule has 0 spiro atoms. The summed E-state index contributed by atoms with van der Waals surface area (Å²) in [4.78, 5) is 17.5. The predicted octanol–water partition coefficient (Wildman–Crippen LogP) is 3.52. The summed E-state index contributed by atoms with van der Waals surface area (Å²) in [5.41, 5.74) is 2.05. The first-order valence-corrected chi connectivity index (χ1v) is 9.28. The van der Waals surface area contributed by atoms with Crippen LogP contribution >= 0.6 is 0 Å². The average Bonchev–Trinajstić information content (AvgIpc) is 2.68. The highest BCUT2D eigenvalue weighted by Crippen LogP contribution is 2.28. The number of carbonyl (C=O) groups is 1. The summed E-state index contributed by atoms with van der Waals surface area (Å²) in [6.07, 6.45) is 4.72. The fraction of sp³-hybridized carbons (Fsp3) is 0.429. The van der Waals surface area contributed by atoms with Crippen molar-refractivity contribution in [2.24, 2.45) is 0 Å². The van der Waals surface area contributed by atoms with Gasteiger partial charge in [0.25, 0.3) is 0 Å². The molecule has 1 aliphatic rings. The van der Waals surface area contributed by atoms with E-state index in [0.717, 1.165) is 43.7 Å². The van der Waals surface area contributed by atoms with Gasteiger partial charge >= 0.3 is 5.97 Å². The number of piperidine rings is 1. The number of likely N-dealkylation sites (tertiary alicyclic amines) is 1. The number of hydrogen-bond donors (Lipinski definition) is 1. The molecule has 5 nitrogen and oxygen atoms in total. The first kappa shape index (κ1) is 18.5. The van der Waals surface area contributed by atoms with E-state index in [2.05, 4.69) is 22.0 Å². The standard InChI is InChI=1S/C21H26N2O3/c24-20(25)10-6-14-23-15-11-18(12-16-23)26-21(17-7-2-1-3-8-17)19-9-4-5-13-22-19/h1-5,7-9,13,18,21H,6,10-12,14-16H2,(H,24,25)/t21-/m0/s1. The quantitative estimate of drug-likeness (QED) is 0.786. The summed E-state index contributed by atoms with van der Waals surface area (Å²) in [6.45, 7) is 2.75. The van der Waals surface area contributed by atoms with E-state index in [1.54, 1.807) is 6.20 Å². The van der Waals surface area contributed by atoms with Gasteiger partial charge in [-0.15, -0.1) is 0 Å². The molecule has 5 heteroatoms. The summed E-state index contributed by atoms with van der Waals surface area (Å²) in [7, 11) is 0. The van der Waals surface area contributed by atoms with E-state index in [9.17, 15) is 4.79 Å². The molecule has 0 radical (unpaired) electrons.